The van der Waals surface area contributed by atoms with Gasteiger partial charge in [-0.1, -0.05) is 29.8 Å². The zero-order valence-corrected chi connectivity index (χ0v) is 14.3. The molecule has 2 aliphatic rings. The van der Waals surface area contributed by atoms with Crippen molar-refractivity contribution in [3.05, 3.63) is 71.5 Å². The number of allylic oxidation sites excluding steroid dienone is 2. The average Bonchev–Trinajstić information content (AvgIpc) is 3.05. The molecular formula is C20H15ClN3O+. The molecule has 4 nitrogen and oxygen atoms in total. The third-order valence-corrected chi connectivity index (χ3v) is 4.45. The van der Waals surface area contributed by atoms with Crippen LogP contribution in [0.1, 0.15) is 12.5 Å². The van der Waals surface area contributed by atoms with E-state index < -0.39 is 0 Å². The number of hydrogen-bond acceptors (Lipinski definition) is 3. The second-order valence-electron chi connectivity index (χ2n) is 5.89. The van der Waals surface area contributed by atoms with Crippen molar-refractivity contribution in [2.45, 2.75) is 13.1 Å². The summed E-state index contributed by atoms with van der Waals surface area (Å²) in [5, 5.41) is 0.669. The predicted octanol–water partition coefficient (Wildman–Crippen LogP) is 3.77. The number of aromatic nitrogens is 1. The number of benzene rings is 1. The number of aliphatic imine (C=N–C) groups is 1. The number of nitrogens with zero attached hydrogens (tertiary/aromatic N) is 3. The van der Waals surface area contributed by atoms with Gasteiger partial charge in [-0.3, -0.25) is 9.78 Å². The molecule has 4 rings (SSSR count). The van der Waals surface area contributed by atoms with Crippen LogP contribution in [-0.2, 0) is 4.79 Å². The maximum absolute atomic E-state index is 11.8. The standard InChI is InChI=1S/C20H15ClN3O/c1-13(25)18-11-23-19-8-7-15(12-24(18)19)17-6-3-9-22-20(17)14-4-2-5-16(21)10-14/h2-12,19H,1H3/q+1. The topological polar surface area (TPSA) is 45.3 Å². The smallest absolute Gasteiger partial charge is 0.271 e. The Morgan fingerprint density at radius 3 is 2.92 bits per heavy atom. The SMILES string of the molecule is CC(=O)C1=[N+]2C=C(c3cccnc3-c3cccc(Cl)c3)C=CC2N=C1. The van der Waals surface area contributed by atoms with Crippen molar-refractivity contribution >= 4 is 34.9 Å². The Hall–Kier alpha value is -2.85. The van der Waals surface area contributed by atoms with E-state index in [0.717, 1.165) is 22.4 Å². The van der Waals surface area contributed by atoms with E-state index >= 15 is 0 Å². The van der Waals surface area contributed by atoms with Gasteiger partial charge in [0.05, 0.1) is 5.69 Å². The molecule has 1 aromatic heterocycles. The molecule has 0 fully saturated rings. The normalized spacial score (nSPS) is 18.3. The summed E-state index contributed by atoms with van der Waals surface area (Å²) >= 11 is 6.14. The molecule has 0 bridgehead atoms. The van der Waals surface area contributed by atoms with Gasteiger partial charge in [-0.25, -0.2) is 4.99 Å². The number of pyridine rings is 1. The fraction of sp³-hybridized carbons (Fsp3) is 0.100. The average molecular weight is 349 g/mol. The van der Waals surface area contributed by atoms with Gasteiger partial charge >= 0.3 is 0 Å². The Morgan fingerprint density at radius 1 is 1.24 bits per heavy atom. The summed E-state index contributed by atoms with van der Waals surface area (Å²) < 4.78 is 1.90. The Morgan fingerprint density at radius 2 is 2.12 bits per heavy atom. The first-order valence-electron chi connectivity index (χ1n) is 7.94. The molecule has 2 aliphatic heterocycles. The molecular weight excluding hydrogens is 334 g/mol. The molecule has 122 valence electrons. The van der Waals surface area contributed by atoms with Gasteiger partial charge in [-0.05, 0) is 24.3 Å². The van der Waals surface area contributed by atoms with E-state index in [2.05, 4.69) is 9.98 Å². The van der Waals surface area contributed by atoms with E-state index in [4.69, 9.17) is 11.6 Å². The number of rotatable bonds is 3. The van der Waals surface area contributed by atoms with Crippen molar-refractivity contribution in [1.29, 1.82) is 0 Å². The fourth-order valence-electron chi connectivity index (χ4n) is 3.03. The second kappa shape index (κ2) is 6.22. The maximum atomic E-state index is 11.8. The molecule has 0 spiro atoms. The molecule has 1 atom stereocenters. The van der Waals surface area contributed by atoms with Gasteiger partial charge in [-0.15, -0.1) is 0 Å². The highest BCUT2D eigenvalue weighted by Gasteiger charge is 2.32. The summed E-state index contributed by atoms with van der Waals surface area (Å²) in [4.78, 5) is 20.7. The molecule has 2 aromatic rings. The Bertz CT molecular complexity index is 1000. The van der Waals surface area contributed by atoms with Crippen molar-refractivity contribution in [3.63, 3.8) is 0 Å². The summed E-state index contributed by atoms with van der Waals surface area (Å²) in [6, 6.07) is 11.6. The first-order valence-corrected chi connectivity index (χ1v) is 8.32. The van der Waals surface area contributed by atoms with Crippen LogP contribution in [0.4, 0.5) is 0 Å². The minimum Gasteiger partial charge on any atom is -0.288 e. The monoisotopic (exact) mass is 348 g/mol. The maximum Gasteiger partial charge on any atom is 0.271 e. The number of ketones is 1. The summed E-state index contributed by atoms with van der Waals surface area (Å²) in [5.74, 6) is -0.00148. The van der Waals surface area contributed by atoms with Crippen molar-refractivity contribution in [1.82, 2.24) is 4.98 Å². The third-order valence-electron chi connectivity index (χ3n) is 4.22. The number of carbonyl (C=O) groups excluding carboxylic acids is 1. The van der Waals surface area contributed by atoms with Gasteiger partial charge in [0.15, 0.2) is 6.20 Å². The molecule has 25 heavy (non-hydrogen) atoms. The van der Waals surface area contributed by atoms with E-state index in [0.29, 0.717) is 10.7 Å². The molecule has 0 radical (unpaired) electrons. The van der Waals surface area contributed by atoms with E-state index in [1.54, 1.807) is 19.3 Å². The van der Waals surface area contributed by atoms with Crippen LogP contribution in [0.15, 0.2) is 65.9 Å². The summed E-state index contributed by atoms with van der Waals surface area (Å²) in [5.41, 5.74) is 4.36. The van der Waals surface area contributed by atoms with Gasteiger partial charge in [0.2, 0.25) is 5.78 Å². The lowest BCUT2D eigenvalue weighted by Gasteiger charge is -2.13. The number of hydrogen-bond donors (Lipinski definition) is 0. The second-order valence-corrected chi connectivity index (χ2v) is 6.33. The quantitative estimate of drug-likeness (QED) is 0.793. The van der Waals surface area contributed by atoms with Gasteiger partial charge in [-0.2, -0.15) is 4.58 Å². The number of fused-ring (bicyclic) bond motifs is 1. The zero-order chi connectivity index (χ0) is 17.4. The van der Waals surface area contributed by atoms with Crippen LogP contribution < -0.4 is 0 Å². The molecule has 1 aromatic carbocycles. The predicted molar refractivity (Wildman–Crippen MR) is 100 cm³/mol. The third kappa shape index (κ3) is 2.85. The number of halogens is 1. The molecule has 1 unspecified atom stereocenters. The lowest BCUT2D eigenvalue weighted by molar-refractivity contribution is -0.478. The Kier molecular flexibility index (Phi) is 3.90. The van der Waals surface area contributed by atoms with Crippen LogP contribution in [0.25, 0.3) is 16.8 Å². The molecule has 0 amide bonds. The van der Waals surface area contributed by atoms with Crippen molar-refractivity contribution in [2.24, 2.45) is 4.99 Å². The summed E-state index contributed by atoms with van der Waals surface area (Å²) in [7, 11) is 0. The van der Waals surface area contributed by atoms with Crippen LogP contribution >= 0.6 is 11.6 Å². The van der Waals surface area contributed by atoms with E-state index in [9.17, 15) is 4.79 Å². The van der Waals surface area contributed by atoms with E-state index in [1.807, 2.05) is 59.3 Å². The lowest BCUT2D eigenvalue weighted by Crippen LogP contribution is -2.26. The molecule has 5 heteroatoms. The van der Waals surface area contributed by atoms with E-state index in [1.165, 1.54) is 0 Å². The number of Topliss-reactive ketones (excluding diaryl/α,β-unsaturated/α-hetero) is 1. The molecule has 0 saturated heterocycles. The van der Waals surface area contributed by atoms with Crippen LogP contribution in [0.3, 0.4) is 0 Å². The molecule has 0 aliphatic carbocycles. The Labute approximate surface area is 150 Å². The first-order chi connectivity index (χ1) is 12.1. The highest BCUT2D eigenvalue weighted by atomic mass is 35.5. The molecule has 0 N–H and O–H groups in total. The van der Waals surface area contributed by atoms with Crippen LogP contribution in [0.5, 0.6) is 0 Å². The van der Waals surface area contributed by atoms with Gasteiger partial charge in [0.25, 0.3) is 11.9 Å². The minimum absolute atomic E-state index is 0.00148. The van der Waals surface area contributed by atoms with Crippen LogP contribution in [0, 0.1) is 0 Å². The largest absolute Gasteiger partial charge is 0.288 e. The summed E-state index contributed by atoms with van der Waals surface area (Å²) in [6.45, 7) is 1.55. The fourth-order valence-corrected chi connectivity index (χ4v) is 3.23. The molecule has 0 saturated carbocycles. The summed E-state index contributed by atoms with van der Waals surface area (Å²) in [6.07, 6.45) is 9.22. The van der Waals surface area contributed by atoms with Gasteiger partial charge in [0.1, 0.15) is 6.21 Å². The Balaban J connectivity index is 1.84. The van der Waals surface area contributed by atoms with Crippen LogP contribution in [-0.4, -0.2) is 33.4 Å². The molecule has 3 heterocycles. The van der Waals surface area contributed by atoms with Crippen molar-refractivity contribution in [2.75, 3.05) is 0 Å². The van der Waals surface area contributed by atoms with Crippen molar-refractivity contribution < 1.29 is 9.37 Å². The van der Waals surface area contributed by atoms with Gasteiger partial charge in [0, 0.05) is 40.9 Å². The lowest BCUT2D eigenvalue weighted by atomic mass is 9.98. The highest BCUT2D eigenvalue weighted by Crippen LogP contribution is 2.31. The van der Waals surface area contributed by atoms with Crippen molar-refractivity contribution in [3.8, 4) is 11.3 Å². The minimum atomic E-state index is -0.144. The number of carbonyl (C=O) groups is 1. The van der Waals surface area contributed by atoms with Crippen LogP contribution in [0.2, 0.25) is 5.02 Å². The first kappa shape index (κ1) is 15.7. The highest BCUT2D eigenvalue weighted by molar-refractivity contribution is 6.59. The van der Waals surface area contributed by atoms with Gasteiger partial charge < -0.3 is 0 Å². The van der Waals surface area contributed by atoms with E-state index in [-0.39, 0.29) is 11.9 Å². The zero-order valence-electron chi connectivity index (χ0n) is 13.6.